The fourth-order valence-corrected chi connectivity index (χ4v) is 1.64. The van der Waals surface area contributed by atoms with Gasteiger partial charge in [0.2, 0.25) is 0 Å². The predicted molar refractivity (Wildman–Crippen MR) is 56.4 cm³/mol. The van der Waals surface area contributed by atoms with Crippen molar-refractivity contribution < 1.29 is 13.5 Å². The van der Waals surface area contributed by atoms with Crippen LogP contribution in [0, 0.1) is 3.57 Å². The molecular formula is C8H9F2IN2O. The summed E-state index contributed by atoms with van der Waals surface area (Å²) in [7, 11) is 1.45. The van der Waals surface area contributed by atoms with Crippen molar-refractivity contribution in [1.29, 1.82) is 0 Å². The normalized spacial score (nSPS) is 10.7. The first kappa shape index (κ1) is 11.6. The first-order valence-corrected chi connectivity index (χ1v) is 4.89. The second-order valence-electron chi connectivity index (χ2n) is 2.51. The van der Waals surface area contributed by atoms with Crippen LogP contribution in [0.15, 0.2) is 6.07 Å². The van der Waals surface area contributed by atoms with Crippen molar-refractivity contribution in [2.45, 2.75) is 13.0 Å². The first-order valence-electron chi connectivity index (χ1n) is 3.81. The highest BCUT2D eigenvalue weighted by Gasteiger charge is 2.16. The SMILES string of the molecule is COc1cc(I)c(C(F)F)nc1CN. The largest absolute Gasteiger partial charge is 0.495 e. The summed E-state index contributed by atoms with van der Waals surface area (Å²) < 4.78 is 30.2. The topological polar surface area (TPSA) is 48.1 Å². The van der Waals surface area contributed by atoms with Crippen LogP contribution in [0.5, 0.6) is 5.75 Å². The Morgan fingerprint density at radius 1 is 1.64 bits per heavy atom. The number of hydrogen-bond donors (Lipinski definition) is 1. The van der Waals surface area contributed by atoms with Crippen molar-refractivity contribution >= 4 is 22.6 Å². The van der Waals surface area contributed by atoms with Crippen LogP contribution in [0.3, 0.4) is 0 Å². The maximum Gasteiger partial charge on any atom is 0.281 e. The van der Waals surface area contributed by atoms with Gasteiger partial charge in [0, 0.05) is 10.1 Å². The number of nitrogens with two attached hydrogens (primary N) is 1. The Bertz CT molecular complexity index is 333. The van der Waals surface area contributed by atoms with Crippen LogP contribution in [-0.2, 0) is 6.54 Å². The second-order valence-corrected chi connectivity index (χ2v) is 3.67. The molecule has 3 nitrogen and oxygen atoms in total. The first-order chi connectivity index (χ1) is 6.60. The lowest BCUT2D eigenvalue weighted by Gasteiger charge is -2.09. The second kappa shape index (κ2) is 4.83. The molecule has 0 bridgehead atoms. The van der Waals surface area contributed by atoms with E-state index in [4.69, 9.17) is 10.5 Å². The quantitative estimate of drug-likeness (QED) is 0.869. The third kappa shape index (κ3) is 2.30. The summed E-state index contributed by atoms with van der Waals surface area (Å²) in [6.45, 7) is 0.0831. The van der Waals surface area contributed by atoms with E-state index in [0.29, 0.717) is 15.0 Å². The van der Waals surface area contributed by atoms with Crippen LogP contribution in [0.4, 0.5) is 8.78 Å². The van der Waals surface area contributed by atoms with Crippen LogP contribution < -0.4 is 10.5 Å². The van der Waals surface area contributed by atoms with Gasteiger partial charge in [-0.25, -0.2) is 13.8 Å². The lowest BCUT2D eigenvalue weighted by Crippen LogP contribution is -2.07. The minimum absolute atomic E-state index is 0.0831. The third-order valence-corrected chi connectivity index (χ3v) is 2.53. The Kier molecular flexibility index (Phi) is 3.99. The zero-order chi connectivity index (χ0) is 10.7. The van der Waals surface area contributed by atoms with Gasteiger partial charge in [0.25, 0.3) is 6.43 Å². The van der Waals surface area contributed by atoms with E-state index in [1.807, 2.05) is 0 Å². The molecule has 14 heavy (non-hydrogen) atoms. The van der Waals surface area contributed by atoms with E-state index in [1.165, 1.54) is 13.2 Å². The number of alkyl halides is 2. The van der Waals surface area contributed by atoms with Crippen LogP contribution in [0.25, 0.3) is 0 Å². The minimum Gasteiger partial charge on any atom is -0.495 e. The number of nitrogens with zero attached hydrogens (tertiary/aromatic N) is 1. The van der Waals surface area contributed by atoms with Crippen molar-refractivity contribution in [2.24, 2.45) is 5.73 Å². The van der Waals surface area contributed by atoms with Crippen LogP contribution >= 0.6 is 22.6 Å². The lowest BCUT2D eigenvalue weighted by molar-refractivity contribution is 0.144. The van der Waals surface area contributed by atoms with E-state index in [2.05, 4.69) is 4.98 Å². The molecule has 0 aliphatic heterocycles. The van der Waals surface area contributed by atoms with Gasteiger partial charge in [-0.3, -0.25) is 0 Å². The summed E-state index contributed by atoms with van der Waals surface area (Å²) in [4.78, 5) is 3.75. The molecule has 0 saturated heterocycles. The molecule has 0 atom stereocenters. The molecule has 0 unspecified atom stereocenters. The van der Waals surface area contributed by atoms with E-state index >= 15 is 0 Å². The molecular weight excluding hydrogens is 305 g/mol. The summed E-state index contributed by atoms with van der Waals surface area (Å²) in [6.07, 6.45) is -2.59. The molecule has 78 valence electrons. The van der Waals surface area contributed by atoms with E-state index < -0.39 is 6.43 Å². The average Bonchev–Trinajstić information content (AvgIpc) is 2.16. The van der Waals surface area contributed by atoms with Gasteiger partial charge >= 0.3 is 0 Å². The highest BCUT2D eigenvalue weighted by atomic mass is 127. The Hall–Kier alpha value is -0.500. The van der Waals surface area contributed by atoms with E-state index in [-0.39, 0.29) is 12.2 Å². The number of pyridine rings is 1. The monoisotopic (exact) mass is 314 g/mol. The number of rotatable bonds is 3. The Morgan fingerprint density at radius 2 is 2.29 bits per heavy atom. The molecule has 2 N–H and O–H groups in total. The number of methoxy groups -OCH3 is 1. The molecule has 0 fully saturated rings. The summed E-state index contributed by atoms with van der Waals surface area (Å²) in [5, 5.41) is 0. The molecule has 0 aliphatic rings. The highest BCUT2D eigenvalue weighted by molar-refractivity contribution is 14.1. The number of aromatic nitrogens is 1. The summed E-state index contributed by atoms with van der Waals surface area (Å²) in [5.74, 6) is 0.446. The van der Waals surface area contributed by atoms with Crippen LogP contribution in [-0.4, -0.2) is 12.1 Å². The van der Waals surface area contributed by atoms with Gasteiger partial charge in [-0.05, 0) is 28.7 Å². The summed E-state index contributed by atoms with van der Waals surface area (Å²) in [5.41, 5.74) is 5.46. The molecule has 0 aromatic carbocycles. The molecule has 1 heterocycles. The van der Waals surface area contributed by atoms with E-state index in [9.17, 15) is 8.78 Å². The highest BCUT2D eigenvalue weighted by Crippen LogP contribution is 2.27. The van der Waals surface area contributed by atoms with Crippen molar-refractivity contribution in [3.8, 4) is 5.75 Å². The molecule has 1 aromatic rings. The summed E-state index contributed by atoms with van der Waals surface area (Å²) in [6, 6.07) is 1.51. The van der Waals surface area contributed by atoms with Gasteiger partial charge in [-0.1, -0.05) is 0 Å². The van der Waals surface area contributed by atoms with Crippen molar-refractivity contribution in [3.63, 3.8) is 0 Å². The van der Waals surface area contributed by atoms with Crippen LogP contribution in [0.1, 0.15) is 17.8 Å². The molecule has 0 spiro atoms. The Labute approximate surface area is 93.8 Å². The van der Waals surface area contributed by atoms with Gasteiger partial charge in [0.05, 0.1) is 12.8 Å². The maximum absolute atomic E-state index is 12.4. The zero-order valence-corrected chi connectivity index (χ0v) is 9.59. The Morgan fingerprint density at radius 3 is 2.71 bits per heavy atom. The summed E-state index contributed by atoms with van der Waals surface area (Å²) >= 11 is 1.79. The van der Waals surface area contributed by atoms with Gasteiger partial charge in [-0.15, -0.1) is 0 Å². The number of ether oxygens (including phenoxy) is 1. The standard InChI is InChI=1S/C8H9F2IN2O/c1-14-6-2-4(11)7(8(9)10)13-5(6)3-12/h2,8H,3,12H2,1H3. The number of halogens is 3. The maximum atomic E-state index is 12.4. The van der Waals surface area contributed by atoms with E-state index in [1.54, 1.807) is 22.6 Å². The number of hydrogen-bond acceptors (Lipinski definition) is 3. The molecule has 1 aromatic heterocycles. The van der Waals surface area contributed by atoms with Crippen LogP contribution in [0.2, 0.25) is 0 Å². The minimum atomic E-state index is -2.59. The van der Waals surface area contributed by atoms with Gasteiger partial charge in [0.15, 0.2) is 0 Å². The smallest absolute Gasteiger partial charge is 0.281 e. The molecule has 1 rings (SSSR count). The molecule has 0 aliphatic carbocycles. The predicted octanol–water partition coefficient (Wildman–Crippen LogP) is 2.09. The molecule has 0 radical (unpaired) electrons. The van der Waals surface area contributed by atoms with E-state index in [0.717, 1.165) is 0 Å². The molecule has 0 amide bonds. The van der Waals surface area contributed by atoms with Crippen molar-refractivity contribution in [1.82, 2.24) is 4.98 Å². The molecule has 6 heteroatoms. The fraction of sp³-hybridized carbons (Fsp3) is 0.375. The lowest BCUT2D eigenvalue weighted by atomic mass is 10.3. The van der Waals surface area contributed by atoms with Gasteiger partial charge in [-0.2, -0.15) is 0 Å². The van der Waals surface area contributed by atoms with Crippen molar-refractivity contribution in [2.75, 3.05) is 7.11 Å². The van der Waals surface area contributed by atoms with Crippen molar-refractivity contribution in [3.05, 3.63) is 21.0 Å². The fourth-order valence-electron chi connectivity index (χ4n) is 1.00. The van der Waals surface area contributed by atoms with Gasteiger partial charge in [0.1, 0.15) is 11.4 Å². The average molecular weight is 314 g/mol. The zero-order valence-electron chi connectivity index (χ0n) is 7.43. The Balaban J connectivity index is 3.23. The third-order valence-electron chi connectivity index (χ3n) is 1.66. The molecule has 0 saturated carbocycles. The van der Waals surface area contributed by atoms with Gasteiger partial charge < -0.3 is 10.5 Å².